The molecule has 7 nitrogen and oxygen atoms in total. The molecule has 0 spiro atoms. The van der Waals surface area contributed by atoms with Gasteiger partial charge in [0.1, 0.15) is 5.75 Å². The molecular weight excluding hydrogens is 360 g/mol. The zero-order valence-corrected chi connectivity index (χ0v) is 15.6. The first-order chi connectivity index (χ1) is 13.6. The second-order valence-corrected chi connectivity index (χ2v) is 6.81. The topological polar surface area (TPSA) is 77.1 Å². The first kappa shape index (κ1) is 18.2. The number of anilines is 2. The molecule has 146 valence electrons. The van der Waals surface area contributed by atoms with Crippen LogP contribution in [0.2, 0.25) is 0 Å². The quantitative estimate of drug-likeness (QED) is 0.830. The molecule has 2 aliphatic heterocycles. The molecule has 0 radical (unpaired) electrons. The third-order valence-electron chi connectivity index (χ3n) is 4.76. The minimum Gasteiger partial charge on any atom is -0.494 e. The van der Waals surface area contributed by atoms with Crippen LogP contribution in [-0.2, 0) is 9.59 Å². The molecule has 1 N–H and O–H groups in total. The van der Waals surface area contributed by atoms with Crippen LogP contribution in [0, 0.1) is 5.92 Å². The van der Waals surface area contributed by atoms with Crippen LogP contribution in [-0.4, -0.2) is 31.8 Å². The molecule has 1 saturated heterocycles. The number of rotatable bonds is 6. The van der Waals surface area contributed by atoms with Crippen molar-refractivity contribution in [3.8, 4) is 17.2 Å². The van der Waals surface area contributed by atoms with Crippen molar-refractivity contribution in [2.45, 2.75) is 19.8 Å². The van der Waals surface area contributed by atoms with Gasteiger partial charge in [0.25, 0.3) is 0 Å². The van der Waals surface area contributed by atoms with E-state index < -0.39 is 5.92 Å². The number of nitrogens with one attached hydrogen (secondary N) is 1. The first-order valence-electron chi connectivity index (χ1n) is 9.38. The van der Waals surface area contributed by atoms with Crippen LogP contribution in [0.1, 0.15) is 19.8 Å². The molecule has 4 rings (SSSR count). The highest BCUT2D eigenvalue weighted by Crippen LogP contribution is 2.34. The number of hydrogen-bond acceptors (Lipinski definition) is 5. The average Bonchev–Trinajstić information content (AvgIpc) is 3.33. The molecular formula is C21H22N2O5. The second kappa shape index (κ2) is 7.80. The summed E-state index contributed by atoms with van der Waals surface area (Å²) in [4.78, 5) is 26.7. The van der Waals surface area contributed by atoms with E-state index in [0.29, 0.717) is 30.3 Å². The first-order valence-corrected chi connectivity index (χ1v) is 9.38. The molecule has 0 saturated carbocycles. The Morgan fingerprint density at radius 2 is 1.96 bits per heavy atom. The normalized spacial score (nSPS) is 17.7. The van der Waals surface area contributed by atoms with Gasteiger partial charge in [0.15, 0.2) is 11.5 Å². The van der Waals surface area contributed by atoms with E-state index in [4.69, 9.17) is 14.2 Å². The van der Waals surface area contributed by atoms with Gasteiger partial charge in [0, 0.05) is 30.4 Å². The molecule has 7 heteroatoms. The summed E-state index contributed by atoms with van der Waals surface area (Å²) in [6.45, 7) is 3.24. The maximum atomic E-state index is 12.6. The maximum absolute atomic E-state index is 12.6. The van der Waals surface area contributed by atoms with Crippen LogP contribution in [0.5, 0.6) is 17.2 Å². The van der Waals surface area contributed by atoms with E-state index in [2.05, 4.69) is 5.32 Å². The van der Waals surface area contributed by atoms with Gasteiger partial charge in [-0.25, -0.2) is 0 Å². The van der Waals surface area contributed by atoms with E-state index in [-0.39, 0.29) is 25.0 Å². The molecule has 0 aromatic heterocycles. The smallest absolute Gasteiger partial charge is 0.231 e. The van der Waals surface area contributed by atoms with E-state index in [0.717, 1.165) is 17.9 Å². The van der Waals surface area contributed by atoms with Gasteiger partial charge in [0.05, 0.1) is 12.5 Å². The number of fused-ring (bicyclic) bond motifs is 1. The highest BCUT2D eigenvalue weighted by Gasteiger charge is 2.35. The van der Waals surface area contributed by atoms with Crippen LogP contribution in [0.4, 0.5) is 11.4 Å². The summed E-state index contributed by atoms with van der Waals surface area (Å²) in [5.74, 6) is 1.38. The zero-order valence-electron chi connectivity index (χ0n) is 15.6. The number of carbonyl (C=O) groups is 2. The van der Waals surface area contributed by atoms with E-state index in [9.17, 15) is 9.59 Å². The van der Waals surface area contributed by atoms with Crippen LogP contribution < -0.4 is 24.4 Å². The number of carbonyl (C=O) groups excluding carboxylic acids is 2. The SMILES string of the molecule is CCCOc1ccc(N2C[C@@H](C(=O)Nc3ccc4c(c3)OCO4)CC2=O)cc1. The highest BCUT2D eigenvalue weighted by atomic mass is 16.7. The molecule has 0 bridgehead atoms. The third-order valence-corrected chi connectivity index (χ3v) is 4.76. The van der Waals surface area contributed by atoms with Crippen LogP contribution in [0.3, 0.4) is 0 Å². The molecule has 1 fully saturated rings. The number of benzene rings is 2. The number of hydrogen-bond donors (Lipinski definition) is 1. The van der Waals surface area contributed by atoms with Crippen LogP contribution in [0.15, 0.2) is 42.5 Å². The molecule has 1 atom stereocenters. The summed E-state index contributed by atoms with van der Waals surface area (Å²) in [6, 6.07) is 12.6. The predicted octanol–water partition coefficient (Wildman–Crippen LogP) is 3.20. The molecule has 2 aliphatic rings. The lowest BCUT2D eigenvalue weighted by atomic mass is 10.1. The number of amides is 2. The Bertz CT molecular complexity index is 881. The molecule has 2 aromatic carbocycles. The Labute approximate surface area is 163 Å². The summed E-state index contributed by atoms with van der Waals surface area (Å²) >= 11 is 0. The van der Waals surface area contributed by atoms with Gasteiger partial charge in [-0.3, -0.25) is 9.59 Å². The number of ether oxygens (including phenoxy) is 3. The van der Waals surface area contributed by atoms with Crippen molar-refractivity contribution in [1.29, 1.82) is 0 Å². The maximum Gasteiger partial charge on any atom is 0.231 e. The summed E-state index contributed by atoms with van der Waals surface area (Å²) in [5, 5.41) is 2.87. The van der Waals surface area contributed by atoms with Gasteiger partial charge in [0.2, 0.25) is 18.6 Å². The Morgan fingerprint density at radius 1 is 1.18 bits per heavy atom. The van der Waals surface area contributed by atoms with Gasteiger partial charge in [-0.2, -0.15) is 0 Å². The third kappa shape index (κ3) is 3.74. The summed E-state index contributed by atoms with van der Waals surface area (Å²) in [5.41, 5.74) is 1.39. The monoisotopic (exact) mass is 382 g/mol. The second-order valence-electron chi connectivity index (χ2n) is 6.81. The summed E-state index contributed by atoms with van der Waals surface area (Å²) in [7, 11) is 0. The van der Waals surface area contributed by atoms with Crippen molar-refractivity contribution < 1.29 is 23.8 Å². The fourth-order valence-electron chi connectivity index (χ4n) is 3.29. The number of nitrogens with zero attached hydrogens (tertiary/aromatic N) is 1. The van der Waals surface area contributed by atoms with Crippen molar-refractivity contribution in [3.05, 3.63) is 42.5 Å². The van der Waals surface area contributed by atoms with Crippen molar-refractivity contribution in [2.24, 2.45) is 5.92 Å². The summed E-state index contributed by atoms with van der Waals surface area (Å²) in [6.07, 6.45) is 1.12. The Morgan fingerprint density at radius 3 is 2.75 bits per heavy atom. The Hall–Kier alpha value is -3.22. The molecule has 2 amide bonds. The largest absolute Gasteiger partial charge is 0.494 e. The predicted molar refractivity (Wildman–Crippen MR) is 104 cm³/mol. The van der Waals surface area contributed by atoms with Crippen LogP contribution >= 0.6 is 0 Å². The Balaban J connectivity index is 1.39. The highest BCUT2D eigenvalue weighted by molar-refractivity contribution is 6.03. The van der Waals surface area contributed by atoms with Gasteiger partial charge in [-0.05, 0) is 42.8 Å². The zero-order chi connectivity index (χ0) is 19.5. The van der Waals surface area contributed by atoms with E-state index in [1.807, 2.05) is 31.2 Å². The van der Waals surface area contributed by atoms with Gasteiger partial charge in [-0.1, -0.05) is 6.92 Å². The molecule has 2 aromatic rings. The minimum atomic E-state index is -0.408. The van der Waals surface area contributed by atoms with E-state index >= 15 is 0 Å². The standard InChI is InChI=1S/C21H22N2O5/c1-2-9-26-17-6-4-16(5-7-17)23-12-14(10-20(23)24)21(25)22-15-3-8-18-19(11-15)28-13-27-18/h3-8,11,14H,2,9-10,12-13H2,1H3,(H,22,25)/t14-/m0/s1. The van der Waals surface area contributed by atoms with Crippen molar-refractivity contribution in [1.82, 2.24) is 0 Å². The van der Waals surface area contributed by atoms with Crippen molar-refractivity contribution in [3.63, 3.8) is 0 Å². The lowest BCUT2D eigenvalue weighted by Crippen LogP contribution is -2.28. The molecule has 0 aliphatic carbocycles. The fourth-order valence-corrected chi connectivity index (χ4v) is 3.29. The van der Waals surface area contributed by atoms with Gasteiger partial charge >= 0.3 is 0 Å². The fraction of sp³-hybridized carbons (Fsp3) is 0.333. The molecule has 0 unspecified atom stereocenters. The summed E-state index contributed by atoms with van der Waals surface area (Å²) < 4.78 is 16.2. The lowest BCUT2D eigenvalue weighted by Gasteiger charge is -2.17. The van der Waals surface area contributed by atoms with Gasteiger partial charge in [-0.15, -0.1) is 0 Å². The molecule has 2 heterocycles. The minimum absolute atomic E-state index is 0.0620. The van der Waals surface area contributed by atoms with Gasteiger partial charge < -0.3 is 24.4 Å². The lowest BCUT2D eigenvalue weighted by molar-refractivity contribution is -0.122. The van der Waals surface area contributed by atoms with E-state index in [1.165, 1.54) is 0 Å². The van der Waals surface area contributed by atoms with Crippen molar-refractivity contribution in [2.75, 3.05) is 30.2 Å². The van der Waals surface area contributed by atoms with E-state index in [1.54, 1.807) is 23.1 Å². The molecule has 28 heavy (non-hydrogen) atoms. The Kier molecular flexibility index (Phi) is 5.06. The van der Waals surface area contributed by atoms with Crippen LogP contribution in [0.25, 0.3) is 0 Å². The van der Waals surface area contributed by atoms with Crippen molar-refractivity contribution >= 4 is 23.2 Å². The average molecular weight is 382 g/mol.